The van der Waals surface area contributed by atoms with Gasteiger partial charge in [-0.1, -0.05) is 188 Å². The third-order valence-corrected chi connectivity index (χ3v) is 11.5. The summed E-state index contributed by atoms with van der Waals surface area (Å²) in [7, 11) is 0. The van der Waals surface area contributed by atoms with E-state index in [1.54, 1.807) is 0 Å². The lowest BCUT2D eigenvalue weighted by molar-refractivity contribution is 0.879. The van der Waals surface area contributed by atoms with Gasteiger partial charge in [-0.15, -0.1) is 21.5 Å². The Bertz CT molecular complexity index is 2960. The first-order chi connectivity index (χ1) is 27.3. The zero-order valence-electron chi connectivity index (χ0n) is 29.8. The summed E-state index contributed by atoms with van der Waals surface area (Å²) in [5.41, 5.74) is 14.7. The average molecular weight is 720 g/mol. The van der Waals surface area contributed by atoms with E-state index in [-0.39, 0.29) is 0 Å². The topological polar surface area (TPSA) is 38.7 Å². The molecular formula is C51H33N3S. The van der Waals surface area contributed by atoms with Crippen LogP contribution < -0.4 is 0 Å². The highest BCUT2D eigenvalue weighted by Gasteiger charge is 2.27. The number of hydrogen-bond donors (Lipinski definition) is 0. The lowest BCUT2D eigenvalue weighted by atomic mass is 9.81. The molecule has 10 rings (SSSR count). The monoisotopic (exact) mass is 719 g/mol. The van der Waals surface area contributed by atoms with Crippen molar-refractivity contribution in [3.63, 3.8) is 0 Å². The molecule has 0 amide bonds. The van der Waals surface area contributed by atoms with Gasteiger partial charge in [-0.25, -0.2) is 0 Å². The second-order valence-electron chi connectivity index (χ2n) is 13.6. The SMILES string of the molecule is c1ccc(-c2ccccc2-c2cccc(-c3nnnc(-c4ccccc4)c3-c3ccccc3)c2-c2c(-c3ccccc3)ccc3sc4ccccc4c23)cc1. The van der Waals surface area contributed by atoms with Gasteiger partial charge >= 0.3 is 0 Å². The number of thiophene rings is 1. The van der Waals surface area contributed by atoms with Crippen molar-refractivity contribution in [2.24, 2.45) is 0 Å². The molecule has 4 heteroatoms. The van der Waals surface area contributed by atoms with Gasteiger partial charge in [0.25, 0.3) is 0 Å². The van der Waals surface area contributed by atoms with Gasteiger partial charge in [-0.3, -0.25) is 0 Å². The molecule has 258 valence electrons. The molecule has 0 bridgehead atoms. The highest BCUT2D eigenvalue weighted by molar-refractivity contribution is 7.26. The van der Waals surface area contributed by atoms with Crippen LogP contribution in [0.1, 0.15) is 0 Å². The van der Waals surface area contributed by atoms with Gasteiger partial charge in [0.05, 0.1) is 0 Å². The Morgan fingerprint density at radius 1 is 0.291 bits per heavy atom. The fourth-order valence-corrected chi connectivity index (χ4v) is 9.07. The minimum atomic E-state index is 0.782. The molecule has 0 spiro atoms. The molecule has 0 fully saturated rings. The molecule has 0 radical (unpaired) electrons. The molecule has 0 N–H and O–H groups in total. The smallest absolute Gasteiger partial charge is 0.105 e. The Kier molecular flexibility index (Phi) is 8.36. The van der Waals surface area contributed by atoms with Crippen LogP contribution in [-0.2, 0) is 0 Å². The third kappa shape index (κ3) is 5.81. The van der Waals surface area contributed by atoms with Crippen molar-refractivity contribution in [2.75, 3.05) is 0 Å². The molecule has 0 saturated carbocycles. The van der Waals surface area contributed by atoms with Crippen LogP contribution in [0.15, 0.2) is 200 Å². The van der Waals surface area contributed by atoms with Crippen LogP contribution in [0.4, 0.5) is 0 Å². The Hall–Kier alpha value is -7.01. The van der Waals surface area contributed by atoms with Crippen LogP contribution >= 0.6 is 11.3 Å². The predicted molar refractivity (Wildman–Crippen MR) is 231 cm³/mol. The standard InChI is InChI=1S/C51H33N3S/c1-5-18-34(19-6-1)38-26-13-14-27-40(38)41-29-17-30-43(51-46(36-22-9-3-10-23-36)50(52-54-53-51)37-24-11-4-12-25-37)47(41)49-39(35-20-7-2-8-21-35)32-33-45-48(49)42-28-15-16-31-44(42)55-45/h1-33H. The Balaban J connectivity index is 1.40. The molecule has 0 aliphatic heterocycles. The molecule has 8 aromatic carbocycles. The molecule has 2 aromatic heterocycles. The zero-order chi connectivity index (χ0) is 36.6. The summed E-state index contributed by atoms with van der Waals surface area (Å²) < 4.78 is 2.50. The number of nitrogens with zero attached hydrogens (tertiary/aromatic N) is 3. The van der Waals surface area contributed by atoms with E-state index in [4.69, 9.17) is 10.2 Å². The van der Waals surface area contributed by atoms with E-state index >= 15 is 0 Å². The number of hydrogen-bond acceptors (Lipinski definition) is 4. The third-order valence-electron chi connectivity index (χ3n) is 10.4. The van der Waals surface area contributed by atoms with E-state index in [2.05, 4.69) is 187 Å². The van der Waals surface area contributed by atoms with Crippen molar-refractivity contribution >= 4 is 31.5 Å². The van der Waals surface area contributed by atoms with Crippen LogP contribution in [0.2, 0.25) is 0 Å². The molecule has 0 atom stereocenters. The van der Waals surface area contributed by atoms with Crippen LogP contribution in [0.25, 0.3) is 98.3 Å². The molecule has 0 saturated heterocycles. The summed E-state index contributed by atoms with van der Waals surface area (Å²) in [5.74, 6) is 0. The summed E-state index contributed by atoms with van der Waals surface area (Å²) in [6, 6.07) is 71.1. The van der Waals surface area contributed by atoms with Crippen LogP contribution in [0.3, 0.4) is 0 Å². The van der Waals surface area contributed by atoms with E-state index in [1.165, 1.54) is 31.3 Å². The normalized spacial score (nSPS) is 11.3. The van der Waals surface area contributed by atoms with Gasteiger partial charge in [0.2, 0.25) is 0 Å². The highest BCUT2D eigenvalue weighted by atomic mass is 32.1. The van der Waals surface area contributed by atoms with Gasteiger partial charge in [-0.05, 0) is 56.3 Å². The fourth-order valence-electron chi connectivity index (χ4n) is 7.95. The van der Waals surface area contributed by atoms with Crippen LogP contribution in [0, 0.1) is 0 Å². The second kappa shape index (κ2) is 14.1. The van der Waals surface area contributed by atoms with Crippen LogP contribution in [0.5, 0.6) is 0 Å². The Labute approximate surface area is 323 Å². The lowest BCUT2D eigenvalue weighted by Gasteiger charge is -2.23. The van der Waals surface area contributed by atoms with Crippen molar-refractivity contribution in [1.82, 2.24) is 15.4 Å². The van der Waals surface area contributed by atoms with Crippen molar-refractivity contribution < 1.29 is 0 Å². The first kappa shape index (κ1) is 32.6. The van der Waals surface area contributed by atoms with E-state index in [0.29, 0.717) is 0 Å². The van der Waals surface area contributed by atoms with Gasteiger partial charge in [0.15, 0.2) is 0 Å². The molecule has 55 heavy (non-hydrogen) atoms. The maximum absolute atomic E-state index is 4.99. The summed E-state index contributed by atoms with van der Waals surface area (Å²) in [6.07, 6.45) is 0. The molecule has 0 unspecified atom stereocenters. The average Bonchev–Trinajstić information content (AvgIpc) is 3.66. The Morgan fingerprint density at radius 2 is 0.818 bits per heavy atom. The van der Waals surface area contributed by atoms with Crippen molar-refractivity contribution in [3.05, 3.63) is 200 Å². The number of rotatable bonds is 7. The quantitative estimate of drug-likeness (QED) is 0.165. The van der Waals surface area contributed by atoms with Gasteiger partial charge in [0.1, 0.15) is 11.4 Å². The maximum Gasteiger partial charge on any atom is 0.105 e. The van der Waals surface area contributed by atoms with E-state index in [1.807, 2.05) is 29.5 Å². The summed E-state index contributed by atoms with van der Waals surface area (Å²) >= 11 is 1.84. The van der Waals surface area contributed by atoms with Gasteiger partial charge < -0.3 is 0 Å². The minimum Gasteiger partial charge on any atom is -0.135 e. The van der Waals surface area contributed by atoms with Gasteiger partial charge in [0, 0.05) is 48.0 Å². The van der Waals surface area contributed by atoms with Crippen molar-refractivity contribution in [2.45, 2.75) is 0 Å². The minimum absolute atomic E-state index is 0.782. The number of aromatic nitrogens is 3. The van der Waals surface area contributed by atoms with Crippen LogP contribution in [-0.4, -0.2) is 15.4 Å². The summed E-state index contributed by atoms with van der Waals surface area (Å²) in [4.78, 5) is 0. The molecule has 2 heterocycles. The first-order valence-electron chi connectivity index (χ1n) is 18.5. The summed E-state index contributed by atoms with van der Waals surface area (Å²) in [5, 5.41) is 16.7. The van der Waals surface area contributed by atoms with E-state index < -0.39 is 0 Å². The van der Waals surface area contributed by atoms with Gasteiger partial charge in [-0.2, -0.15) is 0 Å². The predicted octanol–water partition coefficient (Wildman–Crippen LogP) is 13.9. The lowest BCUT2D eigenvalue weighted by Crippen LogP contribution is -2.02. The Morgan fingerprint density at radius 3 is 1.53 bits per heavy atom. The maximum atomic E-state index is 4.99. The number of fused-ring (bicyclic) bond motifs is 3. The van der Waals surface area contributed by atoms with E-state index in [9.17, 15) is 0 Å². The van der Waals surface area contributed by atoms with Crippen molar-refractivity contribution in [3.8, 4) is 78.1 Å². The molecule has 0 aliphatic rings. The first-order valence-corrected chi connectivity index (χ1v) is 19.3. The summed E-state index contributed by atoms with van der Waals surface area (Å²) in [6.45, 7) is 0. The van der Waals surface area contributed by atoms with Crippen molar-refractivity contribution in [1.29, 1.82) is 0 Å². The van der Waals surface area contributed by atoms with E-state index in [0.717, 1.165) is 67.0 Å². The molecule has 10 aromatic rings. The molecular weight excluding hydrogens is 687 g/mol. The second-order valence-corrected chi connectivity index (χ2v) is 14.6. The fraction of sp³-hybridized carbons (Fsp3) is 0. The molecule has 3 nitrogen and oxygen atoms in total. The number of benzene rings is 8. The molecule has 0 aliphatic carbocycles. The zero-order valence-corrected chi connectivity index (χ0v) is 30.6. The highest BCUT2D eigenvalue weighted by Crippen LogP contribution is 2.52. The largest absolute Gasteiger partial charge is 0.135 e.